The lowest BCUT2D eigenvalue weighted by molar-refractivity contribution is 0.0243. The van der Waals surface area contributed by atoms with Gasteiger partial charge < -0.3 is 19.9 Å². The number of benzene rings is 1. The second-order valence-corrected chi connectivity index (χ2v) is 5.92. The van der Waals surface area contributed by atoms with E-state index in [2.05, 4.69) is 17.4 Å². The Labute approximate surface area is 120 Å². The van der Waals surface area contributed by atoms with Crippen LogP contribution in [0.15, 0.2) is 18.2 Å². The summed E-state index contributed by atoms with van der Waals surface area (Å²) in [5.41, 5.74) is 2.02. The van der Waals surface area contributed by atoms with Crippen LogP contribution in [0, 0.1) is 0 Å². The molecule has 1 aromatic rings. The van der Waals surface area contributed by atoms with Crippen molar-refractivity contribution in [2.75, 3.05) is 26.9 Å². The Kier molecular flexibility index (Phi) is 3.96. The zero-order chi connectivity index (χ0) is 14.0. The number of aryl methyl sites for hydroxylation is 1. The molecule has 0 saturated carbocycles. The Hall–Kier alpha value is -1.10. The third-order valence-corrected chi connectivity index (χ3v) is 4.42. The van der Waals surface area contributed by atoms with E-state index in [-0.39, 0.29) is 0 Å². The van der Waals surface area contributed by atoms with Gasteiger partial charge in [0.05, 0.1) is 13.7 Å². The number of nitrogens with one attached hydrogen (secondary N) is 1. The highest BCUT2D eigenvalue weighted by molar-refractivity contribution is 5.39. The van der Waals surface area contributed by atoms with Gasteiger partial charge in [0.25, 0.3) is 0 Å². The number of hydrogen-bond donors (Lipinski definition) is 2. The van der Waals surface area contributed by atoms with Gasteiger partial charge in [-0.1, -0.05) is 6.07 Å². The molecule has 0 amide bonds. The zero-order valence-electron chi connectivity index (χ0n) is 12.0. The Balaban J connectivity index is 1.70. The first-order valence-corrected chi connectivity index (χ1v) is 7.40. The molecule has 110 valence electrons. The number of methoxy groups -OCH3 is 1. The van der Waals surface area contributed by atoms with Crippen LogP contribution in [0.2, 0.25) is 0 Å². The van der Waals surface area contributed by atoms with Gasteiger partial charge in [-0.25, -0.2) is 0 Å². The maximum absolute atomic E-state index is 10.3. The molecule has 0 unspecified atom stereocenters. The summed E-state index contributed by atoms with van der Waals surface area (Å²) < 4.78 is 10.6. The van der Waals surface area contributed by atoms with Gasteiger partial charge in [0.1, 0.15) is 11.4 Å². The van der Waals surface area contributed by atoms with Crippen molar-refractivity contribution < 1.29 is 14.6 Å². The highest BCUT2D eigenvalue weighted by Gasteiger charge is 2.33. The fourth-order valence-corrected chi connectivity index (χ4v) is 3.18. The SMILES string of the molecule is COc1ccc2c(c1)CCC[C@H]2NC[C@]1(O)CCOC1. The second-order valence-electron chi connectivity index (χ2n) is 5.92. The van der Waals surface area contributed by atoms with Crippen molar-refractivity contribution in [1.29, 1.82) is 0 Å². The molecule has 0 aromatic heterocycles. The van der Waals surface area contributed by atoms with Crippen LogP contribution in [0.1, 0.15) is 36.4 Å². The Morgan fingerprint density at radius 1 is 1.50 bits per heavy atom. The molecule has 1 fully saturated rings. The molecule has 3 rings (SSSR count). The van der Waals surface area contributed by atoms with Gasteiger partial charge in [-0.3, -0.25) is 0 Å². The average molecular weight is 277 g/mol. The molecule has 0 radical (unpaired) electrons. The van der Waals surface area contributed by atoms with Crippen molar-refractivity contribution in [3.63, 3.8) is 0 Å². The minimum atomic E-state index is -0.690. The monoisotopic (exact) mass is 277 g/mol. The smallest absolute Gasteiger partial charge is 0.119 e. The second kappa shape index (κ2) is 5.72. The summed E-state index contributed by atoms with van der Waals surface area (Å²) in [4.78, 5) is 0. The Morgan fingerprint density at radius 3 is 3.15 bits per heavy atom. The summed E-state index contributed by atoms with van der Waals surface area (Å²) in [5, 5.41) is 13.9. The van der Waals surface area contributed by atoms with E-state index in [0.717, 1.165) is 25.0 Å². The van der Waals surface area contributed by atoms with Gasteiger partial charge in [-0.15, -0.1) is 0 Å². The first kappa shape index (κ1) is 13.9. The summed E-state index contributed by atoms with van der Waals surface area (Å²) in [5.74, 6) is 0.923. The number of aliphatic hydroxyl groups is 1. The molecule has 2 aliphatic rings. The molecule has 1 aliphatic carbocycles. The van der Waals surface area contributed by atoms with Gasteiger partial charge in [-0.05, 0) is 42.5 Å². The van der Waals surface area contributed by atoms with Gasteiger partial charge in [0.15, 0.2) is 0 Å². The van der Waals surface area contributed by atoms with Crippen LogP contribution in [0.5, 0.6) is 5.75 Å². The van der Waals surface area contributed by atoms with Crippen LogP contribution < -0.4 is 10.1 Å². The molecular formula is C16H23NO3. The van der Waals surface area contributed by atoms with E-state index in [1.54, 1.807) is 7.11 Å². The van der Waals surface area contributed by atoms with Crippen LogP contribution in [0.25, 0.3) is 0 Å². The van der Waals surface area contributed by atoms with Crippen LogP contribution in [0.4, 0.5) is 0 Å². The molecule has 20 heavy (non-hydrogen) atoms. The summed E-state index contributed by atoms with van der Waals surface area (Å²) in [7, 11) is 1.70. The number of hydrogen-bond acceptors (Lipinski definition) is 4. The zero-order valence-corrected chi connectivity index (χ0v) is 12.0. The Morgan fingerprint density at radius 2 is 2.40 bits per heavy atom. The van der Waals surface area contributed by atoms with E-state index in [1.807, 2.05) is 6.07 Å². The van der Waals surface area contributed by atoms with E-state index >= 15 is 0 Å². The fraction of sp³-hybridized carbons (Fsp3) is 0.625. The first-order valence-electron chi connectivity index (χ1n) is 7.40. The predicted molar refractivity (Wildman–Crippen MR) is 77.1 cm³/mol. The maximum atomic E-state index is 10.3. The highest BCUT2D eigenvalue weighted by atomic mass is 16.5. The predicted octanol–water partition coefficient (Wildman–Crippen LogP) is 1.81. The van der Waals surface area contributed by atoms with Crippen molar-refractivity contribution in [3.8, 4) is 5.75 Å². The van der Waals surface area contributed by atoms with Gasteiger partial charge in [0.2, 0.25) is 0 Å². The van der Waals surface area contributed by atoms with Crippen LogP contribution in [0.3, 0.4) is 0 Å². The normalized spacial score (nSPS) is 29.2. The molecule has 1 saturated heterocycles. The molecule has 0 spiro atoms. The van der Waals surface area contributed by atoms with Crippen molar-refractivity contribution in [3.05, 3.63) is 29.3 Å². The number of fused-ring (bicyclic) bond motifs is 1. The minimum Gasteiger partial charge on any atom is -0.497 e. The maximum Gasteiger partial charge on any atom is 0.119 e. The molecule has 0 bridgehead atoms. The van der Waals surface area contributed by atoms with E-state index < -0.39 is 5.60 Å². The first-order chi connectivity index (χ1) is 9.70. The fourth-order valence-electron chi connectivity index (χ4n) is 3.18. The largest absolute Gasteiger partial charge is 0.497 e. The molecule has 4 nitrogen and oxygen atoms in total. The summed E-state index contributed by atoms with van der Waals surface area (Å²) in [6.45, 7) is 1.71. The standard InChI is InChI=1S/C16H23NO3/c1-19-13-5-6-14-12(9-13)3-2-4-15(14)17-10-16(18)7-8-20-11-16/h5-6,9,15,17-18H,2-4,7-8,10-11H2,1H3/t15-,16-/m1/s1. The van der Waals surface area contributed by atoms with Crippen molar-refractivity contribution >= 4 is 0 Å². The molecule has 1 aliphatic heterocycles. The summed E-state index contributed by atoms with van der Waals surface area (Å²) >= 11 is 0. The van der Waals surface area contributed by atoms with E-state index in [9.17, 15) is 5.11 Å². The quantitative estimate of drug-likeness (QED) is 0.881. The lowest BCUT2D eigenvalue weighted by Crippen LogP contribution is -2.43. The van der Waals surface area contributed by atoms with Gasteiger partial charge >= 0.3 is 0 Å². The minimum absolute atomic E-state index is 0.328. The lowest BCUT2D eigenvalue weighted by atomic mass is 9.87. The van der Waals surface area contributed by atoms with Crippen LogP contribution in [-0.4, -0.2) is 37.6 Å². The van der Waals surface area contributed by atoms with E-state index in [0.29, 0.717) is 25.8 Å². The van der Waals surface area contributed by atoms with E-state index in [4.69, 9.17) is 9.47 Å². The van der Waals surface area contributed by atoms with Crippen molar-refractivity contribution in [1.82, 2.24) is 5.32 Å². The highest BCUT2D eigenvalue weighted by Crippen LogP contribution is 2.32. The number of rotatable bonds is 4. The summed E-state index contributed by atoms with van der Waals surface area (Å²) in [6, 6.07) is 6.64. The topological polar surface area (TPSA) is 50.7 Å². The van der Waals surface area contributed by atoms with Crippen LogP contribution >= 0.6 is 0 Å². The van der Waals surface area contributed by atoms with Gasteiger partial charge in [-0.2, -0.15) is 0 Å². The third-order valence-electron chi connectivity index (χ3n) is 4.42. The summed E-state index contributed by atoms with van der Waals surface area (Å²) in [6.07, 6.45) is 4.13. The average Bonchev–Trinajstić information content (AvgIpc) is 2.91. The van der Waals surface area contributed by atoms with Crippen LogP contribution in [-0.2, 0) is 11.2 Å². The van der Waals surface area contributed by atoms with E-state index in [1.165, 1.54) is 17.5 Å². The molecule has 4 heteroatoms. The molecule has 1 heterocycles. The lowest BCUT2D eigenvalue weighted by Gasteiger charge is -2.30. The van der Waals surface area contributed by atoms with Crippen molar-refractivity contribution in [2.45, 2.75) is 37.3 Å². The van der Waals surface area contributed by atoms with Gasteiger partial charge in [0, 0.05) is 25.6 Å². The molecule has 2 N–H and O–H groups in total. The molecular weight excluding hydrogens is 254 g/mol. The third kappa shape index (κ3) is 2.82. The molecule has 1 aromatic carbocycles. The van der Waals surface area contributed by atoms with Crippen molar-refractivity contribution in [2.24, 2.45) is 0 Å². The molecule has 2 atom stereocenters. The Bertz CT molecular complexity index is 469. The number of ether oxygens (including phenoxy) is 2.